The van der Waals surface area contributed by atoms with Crippen molar-refractivity contribution in [1.29, 1.82) is 0 Å². The van der Waals surface area contributed by atoms with Gasteiger partial charge in [0.15, 0.2) is 12.2 Å². The Bertz CT molecular complexity index is 2170. The third-order valence-corrected chi connectivity index (χ3v) is 10.7. The van der Waals surface area contributed by atoms with Crippen LogP contribution in [0.25, 0.3) is 22.3 Å². The zero-order valence-electron chi connectivity index (χ0n) is 31.3. The Morgan fingerprint density at radius 1 is 0.545 bits per heavy atom. The van der Waals surface area contributed by atoms with Crippen LogP contribution in [-0.4, -0.2) is 11.9 Å². The number of aryl methyl sites for hydroxylation is 2. The standard InChI is InChI=1S/C49H46FIO4/c1-3-5-9-15-34-20-30-42(44(50)32-34)36-22-26-40(27-23-36)48(52)54-46(38-16-10-7-11-17-38)47(39-18-12-8-13-19-39)55-49(53)41-28-24-37(25-29-41)43-31-21-35(14-6-4-2)33-45(43)51/h7-8,10-13,16-33,46-47H,3-6,9,14-15H2,1-2H3. The van der Waals surface area contributed by atoms with E-state index < -0.39 is 24.1 Å². The van der Waals surface area contributed by atoms with Gasteiger partial charge in [0.1, 0.15) is 5.82 Å². The lowest BCUT2D eigenvalue weighted by molar-refractivity contribution is -0.0388. The van der Waals surface area contributed by atoms with Gasteiger partial charge in [-0.15, -0.1) is 0 Å². The predicted octanol–water partition coefficient (Wildman–Crippen LogP) is 13.3. The summed E-state index contributed by atoms with van der Waals surface area (Å²) in [4.78, 5) is 27.7. The molecule has 0 saturated heterocycles. The third kappa shape index (κ3) is 10.4. The zero-order valence-corrected chi connectivity index (χ0v) is 33.5. The van der Waals surface area contributed by atoms with Crippen LogP contribution in [0.2, 0.25) is 0 Å². The summed E-state index contributed by atoms with van der Waals surface area (Å²) in [5.74, 6) is -1.42. The summed E-state index contributed by atoms with van der Waals surface area (Å²) in [6.45, 7) is 4.35. The summed E-state index contributed by atoms with van der Waals surface area (Å²) in [5, 5.41) is 0. The van der Waals surface area contributed by atoms with E-state index in [1.807, 2.05) is 78.9 Å². The molecule has 0 saturated carbocycles. The quantitative estimate of drug-likeness (QED) is 0.0553. The number of carbonyl (C=O) groups is 2. The van der Waals surface area contributed by atoms with Crippen molar-refractivity contribution in [1.82, 2.24) is 0 Å². The first kappa shape index (κ1) is 39.6. The van der Waals surface area contributed by atoms with Gasteiger partial charge in [-0.25, -0.2) is 14.0 Å². The maximum Gasteiger partial charge on any atom is 0.338 e. The van der Waals surface area contributed by atoms with E-state index in [1.54, 1.807) is 48.5 Å². The molecule has 0 bridgehead atoms. The molecule has 4 nitrogen and oxygen atoms in total. The number of hydrogen-bond acceptors (Lipinski definition) is 4. The minimum atomic E-state index is -0.968. The number of halogens is 2. The SMILES string of the molecule is CCCCCc1ccc(-c2ccc(C(=O)OC(c3ccccc3)C(OC(=O)c3ccc(-c4ccc(CCCC)cc4I)cc3)c3ccccc3)cc2)c(F)c1. The van der Waals surface area contributed by atoms with Crippen molar-refractivity contribution >= 4 is 34.5 Å². The van der Waals surface area contributed by atoms with Gasteiger partial charge >= 0.3 is 11.9 Å². The van der Waals surface area contributed by atoms with E-state index in [1.165, 1.54) is 5.56 Å². The van der Waals surface area contributed by atoms with Crippen LogP contribution in [0.15, 0.2) is 146 Å². The van der Waals surface area contributed by atoms with Crippen LogP contribution in [0.4, 0.5) is 4.39 Å². The van der Waals surface area contributed by atoms with Crippen molar-refractivity contribution in [2.75, 3.05) is 0 Å². The maximum absolute atomic E-state index is 15.2. The number of esters is 2. The summed E-state index contributed by atoms with van der Waals surface area (Å²) >= 11 is 2.37. The minimum absolute atomic E-state index is 0.290. The van der Waals surface area contributed by atoms with Gasteiger partial charge in [0.2, 0.25) is 0 Å². The van der Waals surface area contributed by atoms with Crippen LogP contribution >= 0.6 is 22.6 Å². The molecule has 0 aliphatic carbocycles. The van der Waals surface area contributed by atoms with Gasteiger partial charge < -0.3 is 9.47 Å². The second-order valence-electron chi connectivity index (χ2n) is 13.8. The first-order valence-electron chi connectivity index (χ1n) is 19.1. The molecule has 6 heteroatoms. The van der Waals surface area contributed by atoms with Crippen molar-refractivity contribution in [3.05, 3.63) is 188 Å². The topological polar surface area (TPSA) is 52.6 Å². The average Bonchev–Trinajstić information content (AvgIpc) is 3.22. The Kier molecular flexibility index (Phi) is 14.0. The zero-order chi connectivity index (χ0) is 38.6. The Labute approximate surface area is 337 Å². The molecule has 6 aromatic carbocycles. The lowest BCUT2D eigenvalue weighted by Crippen LogP contribution is -2.23. The molecule has 0 amide bonds. The molecule has 0 radical (unpaired) electrons. The number of unbranched alkanes of at least 4 members (excludes halogenated alkanes) is 3. The van der Waals surface area contributed by atoms with Gasteiger partial charge in [0, 0.05) is 9.13 Å². The van der Waals surface area contributed by atoms with Crippen LogP contribution in [-0.2, 0) is 22.3 Å². The van der Waals surface area contributed by atoms with E-state index in [2.05, 4.69) is 54.6 Å². The molecule has 2 unspecified atom stereocenters. The second kappa shape index (κ2) is 19.5. The average molecular weight is 845 g/mol. The molecule has 55 heavy (non-hydrogen) atoms. The molecule has 0 fully saturated rings. The summed E-state index contributed by atoms with van der Waals surface area (Å²) in [7, 11) is 0. The summed E-state index contributed by atoms with van der Waals surface area (Å²) < 4.78 is 28.8. The fraction of sp³-hybridized carbons (Fsp3) is 0.224. The summed E-state index contributed by atoms with van der Waals surface area (Å²) in [5.41, 5.74) is 7.57. The van der Waals surface area contributed by atoms with E-state index in [9.17, 15) is 9.59 Å². The Morgan fingerprint density at radius 3 is 1.47 bits per heavy atom. The first-order chi connectivity index (χ1) is 26.8. The predicted molar refractivity (Wildman–Crippen MR) is 227 cm³/mol. The van der Waals surface area contributed by atoms with Gasteiger partial charge in [0.05, 0.1) is 11.1 Å². The molecule has 0 aliphatic rings. The monoisotopic (exact) mass is 844 g/mol. The summed E-state index contributed by atoms with van der Waals surface area (Å²) in [6, 6.07) is 44.7. The first-order valence-corrected chi connectivity index (χ1v) is 20.2. The van der Waals surface area contributed by atoms with Crippen molar-refractivity contribution in [2.45, 2.75) is 71.0 Å². The highest BCUT2D eigenvalue weighted by Crippen LogP contribution is 2.37. The van der Waals surface area contributed by atoms with E-state index in [-0.39, 0.29) is 5.82 Å². The Hall–Kier alpha value is -5.08. The molecule has 0 aromatic heterocycles. The highest BCUT2D eigenvalue weighted by molar-refractivity contribution is 14.1. The number of ether oxygens (including phenoxy) is 2. The fourth-order valence-electron chi connectivity index (χ4n) is 6.69. The Morgan fingerprint density at radius 2 is 1.00 bits per heavy atom. The summed E-state index contributed by atoms with van der Waals surface area (Å²) in [6.07, 6.45) is 5.55. The number of benzene rings is 6. The van der Waals surface area contributed by atoms with Crippen LogP contribution in [0.5, 0.6) is 0 Å². The normalized spacial score (nSPS) is 12.1. The Balaban J connectivity index is 1.23. The smallest absolute Gasteiger partial charge is 0.338 e. The maximum atomic E-state index is 15.2. The van der Waals surface area contributed by atoms with E-state index >= 15 is 4.39 Å². The molecule has 2 atom stereocenters. The molecule has 0 spiro atoms. The van der Waals surface area contributed by atoms with E-state index in [0.29, 0.717) is 33.4 Å². The molecule has 0 N–H and O–H groups in total. The van der Waals surface area contributed by atoms with Gasteiger partial charge in [-0.1, -0.05) is 142 Å². The van der Waals surface area contributed by atoms with Crippen molar-refractivity contribution < 1.29 is 23.5 Å². The molecule has 6 aromatic rings. The molecular formula is C49H46FIO4. The van der Waals surface area contributed by atoms with Gasteiger partial charge in [-0.2, -0.15) is 0 Å². The van der Waals surface area contributed by atoms with Gasteiger partial charge in [0.25, 0.3) is 0 Å². The highest BCUT2D eigenvalue weighted by atomic mass is 127. The largest absolute Gasteiger partial charge is 0.450 e. The molecule has 0 aliphatic heterocycles. The van der Waals surface area contributed by atoms with Gasteiger partial charge in [-0.3, -0.25) is 0 Å². The van der Waals surface area contributed by atoms with E-state index in [0.717, 1.165) is 65.2 Å². The number of carbonyl (C=O) groups excluding carboxylic acids is 2. The highest BCUT2D eigenvalue weighted by Gasteiger charge is 2.33. The molecular weight excluding hydrogens is 798 g/mol. The minimum Gasteiger partial charge on any atom is -0.450 e. The second-order valence-corrected chi connectivity index (χ2v) is 15.0. The van der Waals surface area contributed by atoms with E-state index in [4.69, 9.17) is 9.47 Å². The molecule has 0 heterocycles. The van der Waals surface area contributed by atoms with Gasteiger partial charge in [-0.05, 0) is 124 Å². The van der Waals surface area contributed by atoms with Crippen molar-refractivity contribution in [3.63, 3.8) is 0 Å². The number of hydrogen-bond donors (Lipinski definition) is 0. The van der Waals surface area contributed by atoms with Crippen molar-refractivity contribution in [3.8, 4) is 22.3 Å². The number of rotatable bonds is 16. The van der Waals surface area contributed by atoms with Crippen LogP contribution < -0.4 is 0 Å². The molecule has 280 valence electrons. The lowest BCUT2D eigenvalue weighted by atomic mass is 9.97. The molecule has 6 rings (SSSR count). The van der Waals surface area contributed by atoms with Crippen LogP contribution in [0.1, 0.15) is 101 Å². The third-order valence-electron chi connectivity index (χ3n) is 9.82. The fourth-order valence-corrected chi connectivity index (χ4v) is 7.58. The lowest BCUT2D eigenvalue weighted by Gasteiger charge is -2.28. The van der Waals surface area contributed by atoms with Crippen LogP contribution in [0.3, 0.4) is 0 Å². The van der Waals surface area contributed by atoms with Crippen molar-refractivity contribution in [2.24, 2.45) is 0 Å². The van der Waals surface area contributed by atoms with Crippen LogP contribution in [0, 0.1) is 9.39 Å².